The molecule has 2 aromatic rings. The molecule has 0 spiro atoms. The molecule has 2 aromatic carbocycles. The number of nitrogens with zero attached hydrogens (tertiary/aromatic N) is 2. The second-order valence-electron chi connectivity index (χ2n) is 6.72. The molecule has 24 heavy (non-hydrogen) atoms. The third-order valence-corrected chi connectivity index (χ3v) is 5.03. The standard InChI is InChI=1S/C21H28N2O/c1-17-7-6-8-19(15-17)16-22-11-13-23(14-12-22)18(2)20-9-4-5-10-21(20)24-3/h4-10,15,18H,11-14,16H2,1-3H3. The van der Waals surface area contributed by atoms with Gasteiger partial charge in [0, 0.05) is 44.3 Å². The lowest BCUT2D eigenvalue weighted by Gasteiger charge is -2.38. The average Bonchev–Trinajstić information content (AvgIpc) is 2.62. The Morgan fingerprint density at radius 1 is 1.00 bits per heavy atom. The van der Waals surface area contributed by atoms with E-state index < -0.39 is 0 Å². The average molecular weight is 324 g/mol. The van der Waals surface area contributed by atoms with Crippen LogP contribution in [0.1, 0.15) is 29.7 Å². The van der Waals surface area contributed by atoms with Gasteiger partial charge in [-0.1, -0.05) is 48.0 Å². The zero-order valence-electron chi connectivity index (χ0n) is 15.0. The van der Waals surface area contributed by atoms with Crippen LogP contribution in [0.4, 0.5) is 0 Å². The van der Waals surface area contributed by atoms with Crippen molar-refractivity contribution in [2.24, 2.45) is 0 Å². The molecule has 3 rings (SSSR count). The number of para-hydroxylation sites is 1. The lowest BCUT2D eigenvalue weighted by atomic mass is 10.0. The van der Waals surface area contributed by atoms with E-state index in [0.717, 1.165) is 38.5 Å². The zero-order chi connectivity index (χ0) is 16.9. The van der Waals surface area contributed by atoms with Crippen LogP contribution in [-0.4, -0.2) is 43.1 Å². The van der Waals surface area contributed by atoms with Crippen molar-refractivity contribution in [2.75, 3.05) is 33.3 Å². The highest BCUT2D eigenvalue weighted by atomic mass is 16.5. The summed E-state index contributed by atoms with van der Waals surface area (Å²) < 4.78 is 5.53. The van der Waals surface area contributed by atoms with E-state index in [4.69, 9.17) is 4.74 Å². The van der Waals surface area contributed by atoms with Crippen LogP contribution in [-0.2, 0) is 6.54 Å². The molecule has 0 bridgehead atoms. The van der Waals surface area contributed by atoms with E-state index in [2.05, 4.69) is 66.1 Å². The van der Waals surface area contributed by atoms with Crippen LogP contribution >= 0.6 is 0 Å². The summed E-state index contributed by atoms with van der Waals surface area (Å²) in [4.78, 5) is 5.12. The highest BCUT2D eigenvalue weighted by Crippen LogP contribution is 2.29. The molecule has 1 fully saturated rings. The molecule has 3 nitrogen and oxygen atoms in total. The van der Waals surface area contributed by atoms with Crippen LogP contribution in [0.3, 0.4) is 0 Å². The maximum atomic E-state index is 5.53. The van der Waals surface area contributed by atoms with Crippen LogP contribution in [0, 0.1) is 6.92 Å². The first kappa shape index (κ1) is 17.0. The Kier molecular flexibility index (Phi) is 5.54. The second-order valence-corrected chi connectivity index (χ2v) is 6.72. The number of hydrogen-bond acceptors (Lipinski definition) is 3. The van der Waals surface area contributed by atoms with Gasteiger partial charge in [-0.2, -0.15) is 0 Å². The van der Waals surface area contributed by atoms with Gasteiger partial charge in [-0.05, 0) is 25.5 Å². The predicted octanol–water partition coefficient (Wildman–Crippen LogP) is 3.88. The van der Waals surface area contributed by atoms with Crippen molar-refractivity contribution in [3.63, 3.8) is 0 Å². The van der Waals surface area contributed by atoms with Gasteiger partial charge in [-0.15, -0.1) is 0 Å². The van der Waals surface area contributed by atoms with Gasteiger partial charge in [0.05, 0.1) is 7.11 Å². The summed E-state index contributed by atoms with van der Waals surface area (Å²) in [5.41, 5.74) is 4.05. The molecular formula is C21H28N2O. The van der Waals surface area contributed by atoms with Crippen molar-refractivity contribution in [1.29, 1.82) is 0 Å². The fourth-order valence-electron chi connectivity index (χ4n) is 3.59. The summed E-state index contributed by atoms with van der Waals surface area (Å²) >= 11 is 0. The molecule has 0 amide bonds. The van der Waals surface area contributed by atoms with Crippen LogP contribution in [0.5, 0.6) is 5.75 Å². The van der Waals surface area contributed by atoms with Crippen LogP contribution in [0.2, 0.25) is 0 Å². The van der Waals surface area contributed by atoms with Crippen molar-refractivity contribution < 1.29 is 4.74 Å². The first-order valence-electron chi connectivity index (χ1n) is 8.82. The number of ether oxygens (including phenoxy) is 1. The molecule has 1 heterocycles. The first-order chi connectivity index (χ1) is 11.7. The molecule has 1 saturated heterocycles. The van der Waals surface area contributed by atoms with Crippen LogP contribution in [0.15, 0.2) is 48.5 Å². The smallest absolute Gasteiger partial charge is 0.123 e. The summed E-state index contributed by atoms with van der Waals surface area (Å²) in [5, 5.41) is 0. The maximum absolute atomic E-state index is 5.53. The fourth-order valence-corrected chi connectivity index (χ4v) is 3.59. The second kappa shape index (κ2) is 7.82. The topological polar surface area (TPSA) is 15.7 Å². The molecule has 0 aliphatic carbocycles. The Morgan fingerprint density at radius 3 is 2.46 bits per heavy atom. The van der Waals surface area contributed by atoms with Crippen LogP contribution < -0.4 is 4.74 Å². The van der Waals surface area contributed by atoms with Crippen molar-refractivity contribution in [3.8, 4) is 5.75 Å². The monoisotopic (exact) mass is 324 g/mol. The van der Waals surface area contributed by atoms with E-state index in [9.17, 15) is 0 Å². The van der Waals surface area contributed by atoms with Gasteiger partial charge < -0.3 is 4.74 Å². The van der Waals surface area contributed by atoms with E-state index in [1.165, 1.54) is 16.7 Å². The number of piperazine rings is 1. The molecule has 1 unspecified atom stereocenters. The van der Waals surface area contributed by atoms with Gasteiger partial charge in [0.2, 0.25) is 0 Å². The summed E-state index contributed by atoms with van der Waals surface area (Å²) in [6.45, 7) is 9.94. The SMILES string of the molecule is COc1ccccc1C(C)N1CCN(Cc2cccc(C)c2)CC1. The minimum atomic E-state index is 0.391. The van der Waals surface area contributed by atoms with Gasteiger partial charge >= 0.3 is 0 Å². The van der Waals surface area contributed by atoms with Gasteiger partial charge in [0.1, 0.15) is 5.75 Å². The fraction of sp³-hybridized carbons (Fsp3) is 0.429. The van der Waals surface area contributed by atoms with Crippen molar-refractivity contribution in [1.82, 2.24) is 9.80 Å². The molecular weight excluding hydrogens is 296 g/mol. The lowest BCUT2D eigenvalue weighted by Crippen LogP contribution is -2.46. The van der Waals surface area contributed by atoms with Gasteiger partial charge in [-0.25, -0.2) is 0 Å². The van der Waals surface area contributed by atoms with E-state index >= 15 is 0 Å². The molecule has 0 radical (unpaired) electrons. The van der Waals surface area contributed by atoms with E-state index in [-0.39, 0.29) is 0 Å². The molecule has 1 atom stereocenters. The minimum Gasteiger partial charge on any atom is -0.496 e. The van der Waals surface area contributed by atoms with E-state index in [1.807, 2.05) is 6.07 Å². The molecule has 128 valence electrons. The summed E-state index contributed by atoms with van der Waals surface area (Å²) in [7, 11) is 1.76. The maximum Gasteiger partial charge on any atom is 0.123 e. The number of aryl methyl sites for hydroxylation is 1. The molecule has 1 aliphatic rings. The van der Waals surface area contributed by atoms with Gasteiger partial charge in [-0.3, -0.25) is 9.80 Å². The third-order valence-electron chi connectivity index (χ3n) is 5.03. The lowest BCUT2D eigenvalue weighted by molar-refractivity contribution is 0.0968. The van der Waals surface area contributed by atoms with Crippen molar-refractivity contribution >= 4 is 0 Å². The molecule has 0 saturated carbocycles. The summed E-state index contributed by atoms with van der Waals surface area (Å²) in [6, 6.07) is 17.6. The van der Waals surface area contributed by atoms with E-state index in [0.29, 0.717) is 6.04 Å². The Bertz CT molecular complexity index is 662. The Morgan fingerprint density at radius 2 is 1.75 bits per heavy atom. The Labute approximate surface area is 145 Å². The molecule has 0 aromatic heterocycles. The van der Waals surface area contributed by atoms with Crippen molar-refractivity contribution in [3.05, 3.63) is 65.2 Å². The largest absolute Gasteiger partial charge is 0.496 e. The summed E-state index contributed by atoms with van der Waals surface area (Å²) in [6.07, 6.45) is 0. The highest BCUT2D eigenvalue weighted by molar-refractivity contribution is 5.35. The predicted molar refractivity (Wildman–Crippen MR) is 99.4 cm³/mol. The molecule has 0 N–H and O–H groups in total. The normalized spacial score (nSPS) is 17.6. The van der Waals surface area contributed by atoms with Gasteiger partial charge in [0.25, 0.3) is 0 Å². The number of rotatable bonds is 5. The van der Waals surface area contributed by atoms with E-state index in [1.54, 1.807) is 7.11 Å². The Hall–Kier alpha value is -1.84. The van der Waals surface area contributed by atoms with Gasteiger partial charge in [0.15, 0.2) is 0 Å². The summed E-state index contributed by atoms with van der Waals surface area (Å²) in [5.74, 6) is 0.993. The minimum absolute atomic E-state index is 0.391. The number of benzene rings is 2. The zero-order valence-corrected chi connectivity index (χ0v) is 15.0. The number of hydrogen-bond donors (Lipinski definition) is 0. The highest BCUT2D eigenvalue weighted by Gasteiger charge is 2.23. The first-order valence-corrected chi connectivity index (χ1v) is 8.82. The molecule has 1 aliphatic heterocycles. The van der Waals surface area contributed by atoms with Crippen LogP contribution in [0.25, 0.3) is 0 Å². The Balaban J connectivity index is 1.58. The number of methoxy groups -OCH3 is 1. The van der Waals surface area contributed by atoms with Crippen molar-refractivity contribution in [2.45, 2.75) is 26.4 Å². The molecule has 3 heteroatoms. The quantitative estimate of drug-likeness (QED) is 0.830. The third kappa shape index (κ3) is 3.97.